The normalized spacial score (nSPS) is 12.4. The zero-order chi connectivity index (χ0) is 26.2. The number of aliphatic hydroxyl groups is 2. The van der Waals surface area contributed by atoms with Crippen molar-refractivity contribution in [3.05, 3.63) is 109 Å². The fraction of sp³-hybridized carbons (Fsp3) is 0.107. The number of anilines is 3. The molecule has 7 nitrogen and oxygen atoms in total. The van der Waals surface area contributed by atoms with E-state index in [0.717, 1.165) is 11.1 Å². The van der Waals surface area contributed by atoms with Crippen LogP contribution >= 0.6 is 0 Å². The van der Waals surface area contributed by atoms with E-state index in [1.165, 1.54) is 16.4 Å². The number of nitrogens with one attached hydrogen (secondary N) is 2. The van der Waals surface area contributed by atoms with E-state index in [4.69, 9.17) is 0 Å². The van der Waals surface area contributed by atoms with E-state index in [-0.39, 0.29) is 12.4 Å². The summed E-state index contributed by atoms with van der Waals surface area (Å²) in [6, 6.07) is 28.3. The Kier molecular flexibility index (Phi) is 8.63. The number of amides is 2. The van der Waals surface area contributed by atoms with E-state index in [1.54, 1.807) is 66.7 Å². The SMILES string of the molecule is O=C(Nc1ccccc1)Nc1ccc(N(CC(O)CO)S(=O)c2cccc(-c3ccc(F)cc3)c2)cc1. The quantitative estimate of drug-likeness (QED) is 0.249. The smallest absolute Gasteiger partial charge is 0.323 e. The Morgan fingerprint density at radius 3 is 2.14 bits per heavy atom. The van der Waals surface area contributed by atoms with Crippen LogP contribution in [0.25, 0.3) is 11.1 Å². The number of rotatable bonds is 9. The molecule has 0 heterocycles. The maximum absolute atomic E-state index is 13.6. The number of nitrogens with zero attached hydrogens (tertiary/aromatic N) is 1. The molecule has 4 aromatic rings. The first kappa shape index (κ1) is 26.0. The predicted octanol–water partition coefficient (Wildman–Crippen LogP) is 5.02. The molecule has 0 fully saturated rings. The molecule has 0 bridgehead atoms. The number of para-hydroxylation sites is 1. The van der Waals surface area contributed by atoms with Gasteiger partial charge < -0.3 is 20.8 Å². The number of carbonyl (C=O) groups excluding carboxylic acids is 1. The number of hydrogen-bond acceptors (Lipinski definition) is 4. The maximum atomic E-state index is 13.6. The number of hydrogen-bond donors (Lipinski definition) is 4. The molecule has 190 valence electrons. The van der Waals surface area contributed by atoms with Crippen LogP contribution in [0.5, 0.6) is 0 Å². The monoisotopic (exact) mass is 519 g/mol. The van der Waals surface area contributed by atoms with Crippen LogP contribution in [-0.4, -0.2) is 39.7 Å². The van der Waals surface area contributed by atoms with Crippen molar-refractivity contribution in [1.82, 2.24) is 0 Å². The summed E-state index contributed by atoms with van der Waals surface area (Å²) >= 11 is 0. The maximum Gasteiger partial charge on any atom is 0.323 e. The topological polar surface area (TPSA) is 102 Å². The second-order valence-corrected chi connectivity index (χ2v) is 9.58. The van der Waals surface area contributed by atoms with Crippen LogP contribution in [-0.2, 0) is 11.0 Å². The van der Waals surface area contributed by atoms with Gasteiger partial charge in [0.25, 0.3) is 0 Å². The average Bonchev–Trinajstić information content (AvgIpc) is 2.92. The number of aliphatic hydroxyl groups excluding tert-OH is 2. The molecular weight excluding hydrogens is 493 g/mol. The van der Waals surface area contributed by atoms with Crippen molar-refractivity contribution in [2.24, 2.45) is 0 Å². The summed E-state index contributed by atoms with van der Waals surface area (Å²) in [4.78, 5) is 12.8. The van der Waals surface area contributed by atoms with Crippen molar-refractivity contribution in [2.45, 2.75) is 11.0 Å². The lowest BCUT2D eigenvalue weighted by molar-refractivity contribution is 0.103. The Hall–Kier alpha value is -4.05. The third kappa shape index (κ3) is 7.01. The minimum Gasteiger partial charge on any atom is -0.394 e. The van der Waals surface area contributed by atoms with Crippen molar-refractivity contribution >= 4 is 34.1 Å². The van der Waals surface area contributed by atoms with Gasteiger partial charge in [0.2, 0.25) is 0 Å². The molecule has 0 aromatic heterocycles. The zero-order valence-corrected chi connectivity index (χ0v) is 20.6. The number of carbonyl (C=O) groups is 1. The van der Waals surface area contributed by atoms with E-state index in [9.17, 15) is 23.6 Å². The fourth-order valence-corrected chi connectivity index (χ4v) is 4.90. The molecule has 9 heteroatoms. The van der Waals surface area contributed by atoms with Crippen molar-refractivity contribution in [1.29, 1.82) is 0 Å². The van der Waals surface area contributed by atoms with E-state index in [2.05, 4.69) is 10.6 Å². The average molecular weight is 520 g/mol. The van der Waals surface area contributed by atoms with Gasteiger partial charge in [-0.2, -0.15) is 0 Å². The molecule has 37 heavy (non-hydrogen) atoms. The van der Waals surface area contributed by atoms with Crippen molar-refractivity contribution in [3.8, 4) is 11.1 Å². The lowest BCUT2D eigenvalue weighted by Gasteiger charge is -2.26. The highest BCUT2D eigenvalue weighted by Gasteiger charge is 2.20. The van der Waals surface area contributed by atoms with Gasteiger partial charge in [0.1, 0.15) is 5.82 Å². The summed E-state index contributed by atoms with van der Waals surface area (Å²) in [5, 5.41) is 25.0. The summed E-state index contributed by atoms with van der Waals surface area (Å²) < 4.78 is 28.4. The van der Waals surface area contributed by atoms with Crippen LogP contribution in [0.3, 0.4) is 0 Å². The van der Waals surface area contributed by atoms with Crippen molar-refractivity contribution in [2.75, 3.05) is 28.1 Å². The molecule has 0 radical (unpaired) electrons. The lowest BCUT2D eigenvalue weighted by atomic mass is 10.1. The Bertz CT molecular complexity index is 1350. The molecule has 0 saturated heterocycles. The minimum absolute atomic E-state index is 0.0921. The fourth-order valence-electron chi connectivity index (χ4n) is 3.60. The largest absolute Gasteiger partial charge is 0.394 e. The van der Waals surface area contributed by atoms with Crippen molar-refractivity contribution < 1.29 is 23.6 Å². The third-order valence-corrected chi connectivity index (χ3v) is 6.86. The number of benzene rings is 4. The van der Waals surface area contributed by atoms with Crippen molar-refractivity contribution in [3.63, 3.8) is 0 Å². The molecule has 4 rings (SSSR count). The molecule has 2 unspecified atom stereocenters. The highest BCUT2D eigenvalue weighted by molar-refractivity contribution is 7.86. The minimum atomic E-state index is -1.74. The molecule has 0 aliphatic heterocycles. The van der Waals surface area contributed by atoms with Crippen LogP contribution in [0.15, 0.2) is 108 Å². The van der Waals surface area contributed by atoms with Gasteiger partial charge in [0.05, 0.1) is 24.2 Å². The lowest BCUT2D eigenvalue weighted by Crippen LogP contribution is -2.35. The Labute approximate surface area is 216 Å². The van der Waals surface area contributed by atoms with Gasteiger partial charge in [-0.05, 0) is 71.8 Å². The second-order valence-electron chi connectivity index (χ2n) is 8.17. The molecule has 4 aromatic carbocycles. The van der Waals surface area contributed by atoms with Gasteiger partial charge >= 0.3 is 6.03 Å². The molecule has 4 N–H and O–H groups in total. The Morgan fingerprint density at radius 2 is 1.49 bits per heavy atom. The molecule has 0 aliphatic rings. The Balaban J connectivity index is 1.53. The second kappa shape index (κ2) is 12.3. The van der Waals surface area contributed by atoms with E-state index < -0.39 is 29.7 Å². The molecule has 0 aliphatic carbocycles. The van der Waals surface area contributed by atoms with Crippen LogP contribution in [0.2, 0.25) is 0 Å². The van der Waals surface area contributed by atoms with Crippen LogP contribution in [0.1, 0.15) is 0 Å². The Morgan fingerprint density at radius 1 is 0.838 bits per heavy atom. The highest BCUT2D eigenvalue weighted by Crippen LogP contribution is 2.27. The van der Waals surface area contributed by atoms with Gasteiger partial charge in [-0.1, -0.05) is 42.5 Å². The zero-order valence-electron chi connectivity index (χ0n) is 19.8. The molecule has 2 amide bonds. The molecular formula is C28H26FN3O4S. The standard InChI is InChI=1S/C28H26FN3O4S/c29-22-11-9-20(10-12-22)21-5-4-8-27(17-21)37(36)32(18-26(34)19-33)25-15-13-24(14-16-25)31-28(35)30-23-6-2-1-3-7-23/h1-17,26,33-34H,18-19H2,(H2,30,31,35). The summed E-state index contributed by atoms with van der Waals surface area (Å²) in [5.74, 6) is -0.344. The predicted molar refractivity (Wildman–Crippen MR) is 144 cm³/mol. The van der Waals surface area contributed by atoms with Crippen LogP contribution in [0, 0.1) is 5.82 Å². The van der Waals surface area contributed by atoms with E-state index in [1.807, 2.05) is 24.3 Å². The summed E-state index contributed by atoms with van der Waals surface area (Å²) in [5.41, 5.74) is 3.22. The van der Waals surface area contributed by atoms with Gasteiger partial charge in [0.15, 0.2) is 11.0 Å². The van der Waals surface area contributed by atoms with Crippen LogP contribution < -0.4 is 14.9 Å². The van der Waals surface area contributed by atoms with Gasteiger partial charge in [0, 0.05) is 17.1 Å². The molecule has 0 saturated carbocycles. The van der Waals surface area contributed by atoms with Gasteiger partial charge in [-0.25, -0.2) is 13.4 Å². The van der Waals surface area contributed by atoms with E-state index >= 15 is 0 Å². The summed E-state index contributed by atoms with van der Waals surface area (Å²) in [7, 11) is -1.74. The highest BCUT2D eigenvalue weighted by atomic mass is 32.2. The number of halogens is 1. The van der Waals surface area contributed by atoms with E-state index in [0.29, 0.717) is 22.0 Å². The van der Waals surface area contributed by atoms with Gasteiger partial charge in [-0.3, -0.25) is 4.31 Å². The summed E-state index contributed by atoms with van der Waals surface area (Å²) in [6.07, 6.45) is -1.13. The first-order valence-electron chi connectivity index (χ1n) is 11.5. The van der Waals surface area contributed by atoms with Crippen LogP contribution in [0.4, 0.5) is 26.2 Å². The molecule has 2 atom stereocenters. The first-order valence-corrected chi connectivity index (χ1v) is 12.6. The first-order chi connectivity index (χ1) is 17.9. The summed E-state index contributed by atoms with van der Waals surface area (Å²) in [6.45, 7) is -0.590. The third-order valence-electron chi connectivity index (χ3n) is 5.45. The molecule has 0 spiro atoms. The van der Waals surface area contributed by atoms with Gasteiger partial charge in [-0.15, -0.1) is 0 Å². The number of urea groups is 1.